The maximum atomic E-state index is 12.6. The van der Waals surface area contributed by atoms with Gasteiger partial charge in [0.15, 0.2) is 0 Å². The second kappa shape index (κ2) is 10.6. The molecule has 178 valence electrons. The van der Waals surface area contributed by atoms with Crippen molar-refractivity contribution in [2.45, 2.75) is 57.7 Å². The molecule has 0 N–H and O–H groups in total. The minimum atomic E-state index is 0.305. The molecule has 0 spiro atoms. The zero-order valence-corrected chi connectivity index (χ0v) is 20.2. The van der Waals surface area contributed by atoms with E-state index < -0.39 is 0 Å². The van der Waals surface area contributed by atoms with Crippen molar-refractivity contribution in [3.8, 4) is 5.75 Å². The minimum Gasteiger partial charge on any atom is -0.494 e. The third kappa shape index (κ3) is 5.58. The van der Waals surface area contributed by atoms with Crippen molar-refractivity contribution in [1.29, 1.82) is 0 Å². The van der Waals surface area contributed by atoms with Gasteiger partial charge in [-0.15, -0.1) is 0 Å². The highest BCUT2D eigenvalue weighted by molar-refractivity contribution is 5.82. The lowest BCUT2D eigenvalue weighted by Gasteiger charge is -2.36. The van der Waals surface area contributed by atoms with Crippen LogP contribution < -0.4 is 4.74 Å². The van der Waals surface area contributed by atoms with Crippen LogP contribution in [0.1, 0.15) is 49.7 Å². The lowest BCUT2D eigenvalue weighted by atomic mass is 9.99. The molecule has 2 fully saturated rings. The first-order valence-electron chi connectivity index (χ1n) is 12.7. The predicted octanol–water partition coefficient (Wildman–Crippen LogP) is 5.43. The van der Waals surface area contributed by atoms with Crippen molar-refractivity contribution in [3.63, 3.8) is 0 Å². The third-order valence-corrected chi connectivity index (χ3v) is 7.06. The van der Waals surface area contributed by atoms with E-state index >= 15 is 0 Å². The summed E-state index contributed by atoms with van der Waals surface area (Å²) in [5, 5.41) is 1.18. The number of benzene rings is 2. The van der Waals surface area contributed by atoms with E-state index in [9.17, 15) is 4.79 Å². The molecule has 0 bridgehead atoms. The second-order valence-corrected chi connectivity index (χ2v) is 9.90. The Morgan fingerprint density at radius 1 is 1.06 bits per heavy atom. The van der Waals surface area contributed by atoms with Crippen LogP contribution in [-0.4, -0.2) is 46.9 Å². The van der Waals surface area contributed by atoms with Gasteiger partial charge < -0.3 is 9.64 Å². The highest BCUT2D eigenvalue weighted by atomic mass is 16.5. The lowest BCUT2D eigenvalue weighted by molar-refractivity contribution is -0.136. The monoisotopic (exact) mass is 457 g/mol. The van der Waals surface area contributed by atoms with E-state index in [1.54, 1.807) is 0 Å². The maximum absolute atomic E-state index is 12.6. The number of ether oxygens (including phenoxy) is 1. The molecule has 2 aromatic carbocycles. The number of nitrogens with zero attached hydrogens (tertiary/aromatic N) is 3. The van der Waals surface area contributed by atoms with Crippen LogP contribution in [0.2, 0.25) is 0 Å². The molecule has 1 aliphatic heterocycles. The summed E-state index contributed by atoms with van der Waals surface area (Å²) >= 11 is 0. The highest BCUT2D eigenvalue weighted by Crippen LogP contribution is 2.34. The molecule has 1 saturated carbocycles. The lowest BCUT2D eigenvalue weighted by Crippen LogP contribution is -2.45. The van der Waals surface area contributed by atoms with E-state index in [-0.39, 0.29) is 0 Å². The van der Waals surface area contributed by atoms with E-state index in [0.29, 0.717) is 24.5 Å². The second-order valence-electron chi connectivity index (χ2n) is 9.90. The van der Waals surface area contributed by atoms with Gasteiger partial charge in [-0.1, -0.05) is 36.4 Å². The molecule has 1 aliphatic carbocycles. The van der Waals surface area contributed by atoms with Crippen molar-refractivity contribution in [2.24, 2.45) is 5.92 Å². The average Bonchev–Trinajstić information content (AvgIpc) is 3.70. The zero-order valence-electron chi connectivity index (χ0n) is 20.2. The van der Waals surface area contributed by atoms with Crippen LogP contribution in [0.4, 0.5) is 0 Å². The number of piperidine rings is 1. The van der Waals surface area contributed by atoms with Crippen molar-refractivity contribution in [2.75, 3.05) is 20.2 Å². The van der Waals surface area contributed by atoms with E-state index in [1.165, 1.54) is 22.9 Å². The minimum absolute atomic E-state index is 0.305. The number of amides is 1. The summed E-state index contributed by atoms with van der Waals surface area (Å²) in [6.45, 7) is 3.26. The number of pyridine rings is 1. The van der Waals surface area contributed by atoms with Crippen LogP contribution in [0.25, 0.3) is 10.9 Å². The Morgan fingerprint density at radius 2 is 1.91 bits per heavy atom. The molecule has 5 rings (SSSR count). The van der Waals surface area contributed by atoms with E-state index in [2.05, 4.69) is 64.3 Å². The van der Waals surface area contributed by atoms with Gasteiger partial charge in [0.25, 0.3) is 0 Å². The smallest absolute Gasteiger partial charge is 0.225 e. The number of carbonyl (C=O) groups excluding carboxylic acids is 1. The number of hydrogen-bond donors (Lipinski definition) is 0. The van der Waals surface area contributed by atoms with Gasteiger partial charge in [-0.05, 0) is 68.5 Å². The first kappa shape index (κ1) is 22.9. The van der Waals surface area contributed by atoms with Gasteiger partial charge in [-0.2, -0.15) is 0 Å². The Balaban J connectivity index is 1.15. The molecule has 0 unspecified atom stereocenters. The number of aromatic nitrogens is 1. The molecule has 34 heavy (non-hydrogen) atoms. The number of para-hydroxylation sites is 1. The Morgan fingerprint density at radius 3 is 2.79 bits per heavy atom. The van der Waals surface area contributed by atoms with Crippen molar-refractivity contribution in [1.82, 2.24) is 14.8 Å². The number of rotatable bonds is 9. The first-order valence-corrected chi connectivity index (χ1v) is 12.7. The molecule has 2 heterocycles. The van der Waals surface area contributed by atoms with E-state index in [4.69, 9.17) is 4.74 Å². The number of carbonyl (C=O) groups is 1. The highest BCUT2D eigenvalue weighted by Gasteiger charge is 2.37. The van der Waals surface area contributed by atoms with Gasteiger partial charge in [-0.3, -0.25) is 14.7 Å². The van der Waals surface area contributed by atoms with Crippen LogP contribution >= 0.6 is 0 Å². The number of hydrogen-bond acceptors (Lipinski definition) is 4. The van der Waals surface area contributed by atoms with Crippen molar-refractivity contribution < 1.29 is 9.53 Å². The van der Waals surface area contributed by atoms with Gasteiger partial charge in [0.2, 0.25) is 5.91 Å². The Labute approximate surface area is 202 Å². The van der Waals surface area contributed by atoms with Crippen LogP contribution in [-0.2, 0) is 17.9 Å². The van der Waals surface area contributed by atoms with Crippen molar-refractivity contribution in [3.05, 3.63) is 71.9 Å². The fraction of sp³-hybridized carbons (Fsp3) is 0.448. The van der Waals surface area contributed by atoms with Crippen LogP contribution in [0, 0.1) is 5.92 Å². The van der Waals surface area contributed by atoms with Gasteiger partial charge >= 0.3 is 0 Å². The number of likely N-dealkylation sites (tertiary alicyclic amines) is 1. The average molecular weight is 458 g/mol. The van der Waals surface area contributed by atoms with Gasteiger partial charge in [-0.25, -0.2) is 0 Å². The molecule has 0 radical (unpaired) electrons. The largest absolute Gasteiger partial charge is 0.494 e. The summed E-state index contributed by atoms with van der Waals surface area (Å²) < 4.78 is 6.14. The van der Waals surface area contributed by atoms with Crippen LogP contribution in [0.15, 0.2) is 60.8 Å². The predicted molar refractivity (Wildman–Crippen MR) is 136 cm³/mol. The molecule has 2 aliphatic rings. The Kier molecular flexibility index (Phi) is 7.10. The normalized spacial score (nSPS) is 18.4. The quantitative estimate of drug-likeness (QED) is 0.430. The van der Waals surface area contributed by atoms with Gasteiger partial charge in [0.05, 0.1) is 12.1 Å². The summed E-state index contributed by atoms with van der Waals surface area (Å²) in [5.74, 6) is 1.60. The third-order valence-electron chi connectivity index (χ3n) is 7.06. The number of fused-ring (bicyclic) bond motifs is 1. The standard InChI is InChI=1S/C29H35N3O2/c1-31(21-25-9-5-8-23-10-6-16-30-28(23)25)20-22-7-4-12-27(19-22)34-18-15-26-11-2-3-17-32(26)29(33)24-13-14-24/h4-10,12,16,19,24,26H,2-3,11,13-15,17-18,20-21H2,1H3/t26-/m0/s1. The topological polar surface area (TPSA) is 45.7 Å². The Hall–Kier alpha value is -2.92. The van der Waals surface area contributed by atoms with E-state index in [1.807, 2.05) is 18.3 Å². The van der Waals surface area contributed by atoms with Crippen LogP contribution in [0.5, 0.6) is 5.75 Å². The molecule has 1 atom stereocenters. The summed E-state index contributed by atoms with van der Waals surface area (Å²) in [5.41, 5.74) is 3.55. The molecule has 5 heteroatoms. The molecular formula is C29H35N3O2. The first-order chi connectivity index (χ1) is 16.7. The van der Waals surface area contributed by atoms with E-state index in [0.717, 1.165) is 63.0 Å². The van der Waals surface area contributed by atoms with Crippen LogP contribution in [0.3, 0.4) is 0 Å². The van der Waals surface area contributed by atoms with Crippen molar-refractivity contribution >= 4 is 16.8 Å². The molecular weight excluding hydrogens is 422 g/mol. The fourth-order valence-electron chi connectivity index (χ4n) is 5.16. The zero-order chi connectivity index (χ0) is 23.3. The summed E-state index contributed by atoms with van der Waals surface area (Å²) in [4.78, 5) is 21.7. The summed E-state index contributed by atoms with van der Waals surface area (Å²) in [7, 11) is 2.14. The summed E-state index contributed by atoms with van der Waals surface area (Å²) in [6, 6.07) is 19.2. The SMILES string of the molecule is CN(Cc1cccc(OCC[C@@H]2CCCCN2C(=O)C2CC2)c1)Cc1cccc2cccnc12. The molecule has 1 saturated heterocycles. The molecule has 5 nitrogen and oxygen atoms in total. The molecule has 1 aromatic heterocycles. The Bertz CT molecular complexity index is 1120. The maximum Gasteiger partial charge on any atom is 0.225 e. The summed E-state index contributed by atoms with van der Waals surface area (Å²) in [6.07, 6.45) is 8.40. The fourth-order valence-corrected chi connectivity index (χ4v) is 5.16. The molecule has 3 aromatic rings. The van der Waals surface area contributed by atoms with Gasteiger partial charge in [0, 0.05) is 49.6 Å². The van der Waals surface area contributed by atoms with Gasteiger partial charge in [0.1, 0.15) is 5.75 Å². The molecule has 1 amide bonds.